The molecular formula is C20H19NO2S. The molecule has 1 N–H and O–H groups in total. The highest BCUT2D eigenvalue weighted by molar-refractivity contribution is 7.89. The lowest BCUT2D eigenvalue weighted by atomic mass is 9.99. The molecule has 0 aromatic heterocycles. The topological polar surface area (TPSA) is 46.2 Å². The average molecular weight is 337 g/mol. The second-order valence-corrected chi connectivity index (χ2v) is 7.40. The van der Waals surface area contributed by atoms with Gasteiger partial charge in [0.15, 0.2) is 0 Å². The van der Waals surface area contributed by atoms with Gasteiger partial charge in [-0.25, -0.2) is 8.42 Å². The van der Waals surface area contributed by atoms with E-state index < -0.39 is 16.1 Å². The van der Waals surface area contributed by atoms with E-state index in [4.69, 9.17) is 0 Å². The van der Waals surface area contributed by atoms with E-state index in [9.17, 15) is 8.42 Å². The number of hydrogen-bond donors (Lipinski definition) is 1. The zero-order chi connectivity index (χ0) is 17.0. The first-order valence-electron chi connectivity index (χ1n) is 7.75. The van der Waals surface area contributed by atoms with Gasteiger partial charge in [-0.1, -0.05) is 78.4 Å². The van der Waals surface area contributed by atoms with Crippen LogP contribution in [0.3, 0.4) is 0 Å². The molecule has 122 valence electrons. The summed E-state index contributed by atoms with van der Waals surface area (Å²) in [7, 11) is -3.62. The van der Waals surface area contributed by atoms with Crippen LogP contribution in [0.5, 0.6) is 0 Å². The van der Waals surface area contributed by atoms with Gasteiger partial charge in [-0.15, -0.1) is 0 Å². The van der Waals surface area contributed by atoms with Gasteiger partial charge in [0.05, 0.1) is 10.9 Å². The van der Waals surface area contributed by atoms with Crippen LogP contribution in [0.4, 0.5) is 0 Å². The van der Waals surface area contributed by atoms with Crippen LogP contribution in [0, 0.1) is 6.92 Å². The fourth-order valence-electron chi connectivity index (χ4n) is 2.56. The van der Waals surface area contributed by atoms with E-state index >= 15 is 0 Å². The Labute approximate surface area is 143 Å². The lowest BCUT2D eigenvalue weighted by Crippen LogP contribution is -2.29. The molecule has 0 radical (unpaired) electrons. The molecule has 0 amide bonds. The van der Waals surface area contributed by atoms with Crippen molar-refractivity contribution < 1.29 is 8.42 Å². The van der Waals surface area contributed by atoms with Crippen molar-refractivity contribution in [3.8, 4) is 0 Å². The molecule has 3 aromatic rings. The summed E-state index contributed by atoms with van der Waals surface area (Å²) in [5.74, 6) is 0. The van der Waals surface area contributed by atoms with Crippen molar-refractivity contribution in [1.29, 1.82) is 0 Å². The molecule has 0 bridgehead atoms. The summed E-state index contributed by atoms with van der Waals surface area (Å²) in [6, 6.07) is 25.5. The molecule has 0 fully saturated rings. The first-order chi connectivity index (χ1) is 11.6. The molecule has 0 heterocycles. The lowest BCUT2D eigenvalue weighted by Gasteiger charge is -2.20. The molecule has 3 rings (SSSR count). The minimum absolute atomic E-state index is 0.262. The first kappa shape index (κ1) is 16.4. The number of nitrogens with one attached hydrogen (secondary N) is 1. The summed E-state index contributed by atoms with van der Waals surface area (Å²) >= 11 is 0. The van der Waals surface area contributed by atoms with Gasteiger partial charge >= 0.3 is 0 Å². The van der Waals surface area contributed by atoms with Crippen LogP contribution in [-0.2, 0) is 10.0 Å². The Balaban J connectivity index is 2.01. The van der Waals surface area contributed by atoms with Gasteiger partial charge in [-0.05, 0) is 30.2 Å². The lowest BCUT2D eigenvalue weighted by molar-refractivity contribution is 0.572. The fraction of sp³-hybridized carbons (Fsp3) is 0.100. The predicted molar refractivity (Wildman–Crippen MR) is 96.2 cm³/mol. The second kappa shape index (κ2) is 6.99. The van der Waals surface area contributed by atoms with Gasteiger partial charge in [0.2, 0.25) is 10.0 Å². The van der Waals surface area contributed by atoms with Crippen LogP contribution in [0.2, 0.25) is 0 Å². The average Bonchev–Trinajstić information content (AvgIpc) is 2.62. The molecule has 1 atom stereocenters. The van der Waals surface area contributed by atoms with Crippen molar-refractivity contribution in [1.82, 2.24) is 4.72 Å². The predicted octanol–water partition coefficient (Wildman–Crippen LogP) is 4.06. The zero-order valence-electron chi connectivity index (χ0n) is 13.4. The van der Waals surface area contributed by atoms with E-state index in [1.54, 1.807) is 30.3 Å². The van der Waals surface area contributed by atoms with Crippen LogP contribution in [-0.4, -0.2) is 8.42 Å². The molecule has 3 nitrogen and oxygen atoms in total. The fourth-order valence-corrected chi connectivity index (χ4v) is 3.79. The summed E-state index contributed by atoms with van der Waals surface area (Å²) in [6.45, 7) is 2.01. The van der Waals surface area contributed by atoms with E-state index in [-0.39, 0.29) is 4.90 Å². The molecule has 4 heteroatoms. The normalized spacial score (nSPS) is 12.7. The van der Waals surface area contributed by atoms with Crippen LogP contribution in [0.1, 0.15) is 22.7 Å². The minimum atomic E-state index is -3.62. The minimum Gasteiger partial charge on any atom is -0.207 e. The Morgan fingerprint density at radius 3 is 1.79 bits per heavy atom. The maximum atomic E-state index is 12.7. The molecule has 0 spiro atoms. The Hall–Kier alpha value is -2.43. The summed E-state index contributed by atoms with van der Waals surface area (Å²) in [4.78, 5) is 0.262. The number of hydrogen-bond acceptors (Lipinski definition) is 2. The van der Waals surface area contributed by atoms with E-state index in [2.05, 4.69) is 4.72 Å². The summed E-state index contributed by atoms with van der Waals surface area (Å²) in [5.41, 5.74) is 2.95. The number of sulfonamides is 1. The quantitative estimate of drug-likeness (QED) is 0.763. The van der Waals surface area contributed by atoms with Crippen molar-refractivity contribution in [3.05, 3.63) is 102 Å². The Kier molecular flexibility index (Phi) is 4.79. The highest BCUT2D eigenvalue weighted by Crippen LogP contribution is 2.24. The third-order valence-corrected chi connectivity index (χ3v) is 5.31. The van der Waals surface area contributed by atoms with Gasteiger partial charge < -0.3 is 0 Å². The number of benzene rings is 3. The van der Waals surface area contributed by atoms with E-state index in [1.165, 1.54) is 0 Å². The molecular weight excluding hydrogens is 318 g/mol. The zero-order valence-corrected chi connectivity index (χ0v) is 14.2. The van der Waals surface area contributed by atoms with Crippen molar-refractivity contribution in [3.63, 3.8) is 0 Å². The van der Waals surface area contributed by atoms with E-state index in [0.717, 1.165) is 16.7 Å². The number of aryl methyl sites for hydroxylation is 1. The monoisotopic (exact) mass is 337 g/mol. The van der Waals surface area contributed by atoms with Gasteiger partial charge in [0.25, 0.3) is 0 Å². The van der Waals surface area contributed by atoms with Crippen molar-refractivity contribution >= 4 is 10.0 Å². The molecule has 0 aliphatic rings. The van der Waals surface area contributed by atoms with Gasteiger partial charge in [-0.3, -0.25) is 0 Å². The van der Waals surface area contributed by atoms with Crippen LogP contribution < -0.4 is 4.72 Å². The van der Waals surface area contributed by atoms with Crippen molar-refractivity contribution in [2.75, 3.05) is 0 Å². The molecule has 0 aliphatic heterocycles. The summed E-state index contributed by atoms with van der Waals surface area (Å²) in [6.07, 6.45) is 0. The highest BCUT2D eigenvalue weighted by atomic mass is 32.2. The summed E-state index contributed by atoms with van der Waals surface area (Å²) in [5, 5.41) is 0. The molecule has 0 aliphatic carbocycles. The molecule has 0 saturated heterocycles. The van der Waals surface area contributed by atoms with Crippen LogP contribution in [0.25, 0.3) is 0 Å². The maximum Gasteiger partial charge on any atom is 0.241 e. The SMILES string of the molecule is Cc1ccc([C@H](NS(=O)(=O)c2ccccc2)c2ccccc2)cc1. The summed E-state index contributed by atoms with van der Waals surface area (Å²) < 4.78 is 28.3. The smallest absolute Gasteiger partial charge is 0.207 e. The van der Waals surface area contributed by atoms with Crippen molar-refractivity contribution in [2.45, 2.75) is 17.9 Å². The Morgan fingerprint density at radius 1 is 0.708 bits per heavy atom. The van der Waals surface area contributed by atoms with E-state index in [1.807, 2.05) is 61.5 Å². The molecule has 0 saturated carbocycles. The molecule has 24 heavy (non-hydrogen) atoms. The Bertz CT molecular complexity index is 889. The van der Waals surface area contributed by atoms with Crippen molar-refractivity contribution in [2.24, 2.45) is 0 Å². The van der Waals surface area contributed by atoms with Crippen LogP contribution in [0.15, 0.2) is 89.8 Å². The standard InChI is InChI=1S/C20H19NO2S/c1-16-12-14-18(15-13-16)20(17-8-4-2-5-9-17)21-24(22,23)19-10-6-3-7-11-19/h2-15,20-21H,1H3/t20-/m1/s1. The largest absolute Gasteiger partial charge is 0.241 e. The number of rotatable bonds is 5. The van der Waals surface area contributed by atoms with E-state index in [0.29, 0.717) is 0 Å². The third-order valence-electron chi connectivity index (χ3n) is 3.87. The van der Waals surface area contributed by atoms with Gasteiger partial charge in [0.1, 0.15) is 0 Å². The molecule has 0 unspecified atom stereocenters. The molecule has 3 aromatic carbocycles. The third kappa shape index (κ3) is 3.72. The maximum absolute atomic E-state index is 12.7. The first-order valence-corrected chi connectivity index (χ1v) is 9.23. The Morgan fingerprint density at radius 2 is 1.21 bits per heavy atom. The highest BCUT2D eigenvalue weighted by Gasteiger charge is 2.22. The second-order valence-electron chi connectivity index (χ2n) is 5.69. The van der Waals surface area contributed by atoms with Gasteiger partial charge in [0, 0.05) is 0 Å². The van der Waals surface area contributed by atoms with Crippen LogP contribution >= 0.6 is 0 Å². The van der Waals surface area contributed by atoms with Gasteiger partial charge in [-0.2, -0.15) is 4.72 Å².